The van der Waals surface area contributed by atoms with Crippen molar-refractivity contribution in [1.29, 1.82) is 0 Å². The molecule has 0 aromatic carbocycles. The molecule has 3 heterocycles. The van der Waals surface area contributed by atoms with E-state index >= 15 is 0 Å². The van der Waals surface area contributed by atoms with Crippen LogP contribution in [0.25, 0.3) is 0 Å². The molecule has 22 heavy (non-hydrogen) atoms. The van der Waals surface area contributed by atoms with Crippen molar-refractivity contribution in [1.82, 2.24) is 4.98 Å². The third-order valence-corrected chi connectivity index (χ3v) is 5.18. The molecule has 1 aliphatic carbocycles. The van der Waals surface area contributed by atoms with Crippen LogP contribution in [0, 0.1) is 0 Å². The molecule has 3 aliphatic rings. The topological polar surface area (TPSA) is 72.9 Å². The maximum atomic E-state index is 6.12. The smallest absolute Gasteiger partial charge is 0.158 e. The van der Waals surface area contributed by atoms with Gasteiger partial charge in [0.25, 0.3) is 0 Å². The molecule has 1 fully saturated rings. The van der Waals surface area contributed by atoms with E-state index < -0.39 is 0 Å². The van der Waals surface area contributed by atoms with E-state index in [0.717, 1.165) is 53.9 Å². The van der Waals surface area contributed by atoms with E-state index in [4.69, 9.17) is 15.5 Å². The van der Waals surface area contributed by atoms with Gasteiger partial charge in [-0.25, -0.2) is 9.98 Å². The molecule has 5 nitrogen and oxygen atoms in total. The number of pyridine rings is 1. The third kappa shape index (κ3) is 2.38. The number of aryl methyl sites for hydroxylation is 1. The Morgan fingerprint density at radius 1 is 1.23 bits per heavy atom. The quantitative estimate of drug-likeness (QED) is 0.820. The van der Waals surface area contributed by atoms with E-state index in [1.807, 2.05) is 0 Å². The minimum absolute atomic E-state index is 0.231. The fraction of sp³-hybridized carbons (Fsp3) is 0.562. The second kappa shape index (κ2) is 5.74. The Hall–Kier alpha value is -1.27. The molecule has 0 bridgehead atoms. The molecule has 1 aromatic heterocycles. The zero-order chi connectivity index (χ0) is 15.1. The highest BCUT2D eigenvalue weighted by atomic mass is 79.9. The summed E-state index contributed by atoms with van der Waals surface area (Å²) in [5.74, 6) is 1.29. The van der Waals surface area contributed by atoms with Crippen LogP contribution in [0.3, 0.4) is 0 Å². The summed E-state index contributed by atoms with van der Waals surface area (Å²) in [6.45, 7) is 1.52. The molecule has 2 aliphatic heterocycles. The number of fused-ring (bicyclic) bond motifs is 3. The van der Waals surface area contributed by atoms with Gasteiger partial charge in [-0.15, -0.1) is 0 Å². The Labute approximate surface area is 138 Å². The first kappa shape index (κ1) is 14.3. The molecule has 4 rings (SSSR count). The number of nitrogens with zero attached hydrogens (tertiary/aromatic N) is 3. The number of aromatic nitrogens is 1. The van der Waals surface area contributed by atoms with Gasteiger partial charge < -0.3 is 10.5 Å². The number of aliphatic imine (C=N–C) groups is 2. The van der Waals surface area contributed by atoms with Crippen molar-refractivity contribution in [2.24, 2.45) is 15.7 Å². The predicted molar refractivity (Wildman–Crippen MR) is 89.7 cm³/mol. The summed E-state index contributed by atoms with van der Waals surface area (Å²) in [7, 11) is 0. The lowest BCUT2D eigenvalue weighted by Gasteiger charge is -2.19. The molecule has 0 radical (unpaired) electrons. The molecule has 0 amide bonds. The van der Waals surface area contributed by atoms with E-state index in [2.05, 4.69) is 25.9 Å². The van der Waals surface area contributed by atoms with E-state index in [1.165, 1.54) is 24.1 Å². The zero-order valence-corrected chi connectivity index (χ0v) is 14.0. The van der Waals surface area contributed by atoms with Crippen LogP contribution >= 0.6 is 15.9 Å². The number of hydrogen-bond donors (Lipinski definition) is 1. The van der Waals surface area contributed by atoms with Gasteiger partial charge in [-0.05, 0) is 60.0 Å². The zero-order valence-electron chi connectivity index (χ0n) is 12.4. The van der Waals surface area contributed by atoms with Crippen LogP contribution in [-0.4, -0.2) is 35.9 Å². The molecule has 0 saturated carbocycles. The molecule has 1 aromatic rings. The van der Waals surface area contributed by atoms with Crippen LogP contribution in [0.5, 0.6) is 0 Å². The van der Waals surface area contributed by atoms with Gasteiger partial charge in [0.2, 0.25) is 0 Å². The van der Waals surface area contributed by atoms with E-state index in [1.54, 1.807) is 0 Å². The van der Waals surface area contributed by atoms with Gasteiger partial charge in [-0.2, -0.15) is 0 Å². The first-order valence-electron chi connectivity index (χ1n) is 7.96. The second-order valence-electron chi connectivity index (χ2n) is 6.08. The molecule has 0 spiro atoms. The average molecular weight is 363 g/mol. The first-order chi connectivity index (χ1) is 10.7. The molecular weight excluding hydrogens is 344 g/mol. The standard InChI is InChI=1S/C16H19BrN4O/c17-14-13-12(10-5-1-2-6-11(10)20-14)16(21-15(13)18)19-8-9-4-3-7-22-9/h9H,1-8H2,(H2,18,19,21)/t9-/m1/s1. The number of hydrogen-bond acceptors (Lipinski definition) is 4. The summed E-state index contributed by atoms with van der Waals surface area (Å²) in [6, 6.07) is 0. The van der Waals surface area contributed by atoms with Gasteiger partial charge in [0.05, 0.1) is 18.2 Å². The molecular formula is C16H19BrN4O. The molecule has 116 valence electrons. The number of ether oxygens (including phenoxy) is 1. The van der Waals surface area contributed by atoms with Crippen molar-refractivity contribution >= 4 is 27.6 Å². The lowest BCUT2D eigenvalue weighted by molar-refractivity contribution is 0.118. The van der Waals surface area contributed by atoms with Crippen LogP contribution in [0.4, 0.5) is 0 Å². The normalized spacial score (nSPS) is 25.2. The minimum atomic E-state index is 0.231. The van der Waals surface area contributed by atoms with Crippen molar-refractivity contribution < 1.29 is 4.74 Å². The lowest BCUT2D eigenvalue weighted by atomic mass is 9.90. The highest BCUT2D eigenvalue weighted by Crippen LogP contribution is 2.33. The Morgan fingerprint density at radius 3 is 2.91 bits per heavy atom. The summed E-state index contributed by atoms with van der Waals surface area (Å²) in [4.78, 5) is 13.9. The van der Waals surface area contributed by atoms with Gasteiger partial charge in [0.1, 0.15) is 10.4 Å². The van der Waals surface area contributed by atoms with E-state index in [9.17, 15) is 0 Å². The Balaban J connectivity index is 1.75. The molecule has 2 N–H and O–H groups in total. The lowest BCUT2D eigenvalue weighted by Crippen LogP contribution is -2.17. The van der Waals surface area contributed by atoms with Crippen LogP contribution in [0.2, 0.25) is 0 Å². The Kier molecular flexibility index (Phi) is 3.74. The van der Waals surface area contributed by atoms with Crippen molar-refractivity contribution in [3.8, 4) is 0 Å². The van der Waals surface area contributed by atoms with E-state index in [-0.39, 0.29) is 6.10 Å². The predicted octanol–water partition coefficient (Wildman–Crippen LogP) is 2.37. The second-order valence-corrected chi connectivity index (χ2v) is 6.83. The minimum Gasteiger partial charge on any atom is -0.383 e. The monoisotopic (exact) mass is 362 g/mol. The molecule has 1 saturated heterocycles. The molecule has 6 heteroatoms. The fourth-order valence-corrected chi connectivity index (χ4v) is 4.12. The van der Waals surface area contributed by atoms with Crippen molar-refractivity contribution in [2.75, 3.05) is 13.2 Å². The first-order valence-corrected chi connectivity index (χ1v) is 8.75. The highest BCUT2D eigenvalue weighted by Gasteiger charge is 2.30. The Morgan fingerprint density at radius 2 is 2.09 bits per heavy atom. The van der Waals surface area contributed by atoms with Gasteiger partial charge in [0.15, 0.2) is 5.84 Å². The van der Waals surface area contributed by atoms with Gasteiger partial charge in [0, 0.05) is 17.9 Å². The largest absolute Gasteiger partial charge is 0.383 e. The van der Waals surface area contributed by atoms with Gasteiger partial charge in [-0.3, -0.25) is 4.99 Å². The number of halogens is 1. The summed E-state index contributed by atoms with van der Waals surface area (Å²) in [5, 5.41) is 0. The maximum Gasteiger partial charge on any atom is 0.158 e. The Bertz CT molecular complexity index is 677. The van der Waals surface area contributed by atoms with E-state index in [0.29, 0.717) is 12.4 Å². The van der Waals surface area contributed by atoms with Crippen LogP contribution in [-0.2, 0) is 17.6 Å². The number of rotatable bonds is 2. The summed E-state index contributed by atoms with van der Waals surface area (Å²) < 4.78 is 6.45. The maximum absolute atomic E-state index is 6.12. The third-order valence-electron chi connectivity index (χ3n) is 4.60. The molecule has 1 atom stereocenters. The van der Waals surface area contributed by atoms with Crippen LogP contribution in [0.1, 0.15) is 48.1 Å². The van der Waals surface area contributed by atoms with Gasteiger partial charge in [-0.1, -0.05) is 0 Å². The van der Waals surface area contributed by atoms with Crippen molar-refractivity contribution in [2.45, 2.75) is 44.6 Å². The fourth-order valence-electron chi connectivity index (χ4n) is 3.51. The van der Waals surface area contributed by atoms with Gasteiger partial charge >= 0.3 is 0 Å². The number of amidine groups is 2. The SMILES string of the molecule is NC1=NC(=NC[C@H]2CCCO2)c2c3c(nc(Br)c21)CCCC3. The summed E-state index contributed by atoms with van der Waals surface area (Å²) in [5.41, 5.74) is 10.6. The van der Waals surface area contributed by atoms with Crippen LogP contribution in [0.15, 0.2) is 14.6 Å². The van der Waals surface area contributed by atoms with Crippen molar-refractivity contribution in [3.05, 3.63) is 27.0 Å². The van der Waals surface area contributed by atoms with Crippen molar-refractivity contribution in [3.63, 3.8) is 0 Å². The average Bonchev–Trinajstić information content (AvgIpc) is 3.13. The summed E-state index contributed by atoms with van der Waals surface area (Å²) in [6.07, 6.45) is 6.91. The van der Waals surface area contributed by atoms with Crippen LogP contribution < -0.4 is 5.73 Å². The summed E-state index contributed by atoms with van der Waals surface area (Å²) >= 11 is 3.56. The highest BCUT2D eigenvalue weighted by molar-refractivity contribution is 9.10. The molecule has 0 unspecified atom stereocenters. The number of nitrogens with two attached hydrogens (primary N) is 1.